The SMILES string of the molecule is CCOC(=O)c1c(NC(=O)C(C)Sc2c(C)[nH]c3ccccc23)sc2c1CCCC2. The highest BCUT2D eigenvalue weighted by Crippen LogP contribution is 2.40. The number of ether oxygens (including phenoxy) is 1. The highest BCUT2D eigenvalue weighted by atomic mass is 32.2. The molecule has 2 N–H and O–H groups in total. The van der Waals surface area contributed by atoms with Gasteiger partial charge in [-0.3, -0.25) is 4.79 Å². The Bertz CT molecular complexity index is 1100. The molecule has 0 fully saturated rings. The second-order valence-electron chi connectivity index (χ2n) is 7.51. The summed E-state index contributed by atoms with van der Waals surface area (Å²) in [7, 11) is 0. The number of fused-ring (bicyclic) bond motifs is 2. The molecule has 0 bridgehead atoms. The van der Waals surface area contributed by atoms with Gasteiger partial charge in [0.15, 0.2) is 0 Å². The molecule has 7 heteroatoms. The molecule has 1 unspecified atom stereocenters. The summed E-state index contributed by atoms with van der Waals surface area (Å²) in [5.74, 6) is -0.436. The highest BCUT2D eigenvalue weighted by molar-refractivity contribution is 8.00. The lowest BCUT2D eigenvalue weighted by atomic mass is 9.95. The van der Waals surface area contributed by atoms with Crippen LogP contribution < -0.4 is 5.32 Å². The molecule has 0 aliphatic heterocycles. The molecule has 0 radical (unpaired) electrons. The smallest absolute Gasteiger partial charge is 0.341 e. The zero-order chi connectivity index (χ0) is 21.3. The van der Waals surface area contributed by atoms with E-state index in [1.165, 1.54) is 28.0 Å². The number of H-pyrrole nitrogens is 1. The van der Waals surface area contributed by atoms with E-state index in [4.69, 9.17) is 4.74 Å². The van der Waals surface area contributed by atoms with Crippen LogP contribution in [-0.2, 0) is 22.4 Å². The van der Waals surface area contributed by atoms with Crippen molar-refractivity contribution >= 4 is 50.9 Å². The number of aromatic nitrogens is 1. The number of carbonyl (C=O) groups excluding carboxylic acids is 2. The number of carbonyl (C=O) groups is 2. The van der Waals surface area contributed by atoms with Crippen LogP contribution in [-0.4, -0.2) is 28.7 Å². The normalized spacial score (nSPS) is 14.4. The first-order chi connectivity index (χ1) is 14.5. The zero-order valence-corrected chi connectivity index (χ0v) is 19.1. The van der Waals surface area contributed by atoms with E-state index < -0.39 is 0 Å². The third-order valence-electron chi connectivity index (χ3n) is 5.39. The van der Waals surface area contributed by atoms with Gasteiger partial charge in [-0.05, 0) is 58.1 Å². The van der Waals surface area contributed by atoms with E-state index in [-0.39, 0.29) is 17.1 Å². The van der Waals surface area contributed by atoms with Gasteiger partial charge in [0.05, 0.1) is 17.4 Å². The molecule has 0 saturated heterocycles. The molecule has 2 aromatic heterocycles. The molecule has 0 saturated carbocycles. The Morgan fingerprint density at radius 2 is 2.03 bits per heavy atom. The van der Waals surface area contributed by atoms with Gasteiger partial charge in [0.2, 0.25) is 5.91 Å². The maximum Gasteiger partial charge on any atom is 0.341 e. The highest BCUT2D eigenvalue weighted by Gasteiger charge is 2.28. The Hall–Kier alpha value is -2.25. The van der Waals surface area contributed by atoms with Crippen LogP contribution in [0.5, 0.6) is 0 Å². The third kappa shape index (κ3) is 4.01. The number of benzene rings is 1. The van der Waals surface area contributed by atoms with E-state index in [1.807, 2.05) is 32.0 Å². The van der Waals surface area contributed by atoms with Crippen molar-refractivity contribution in [3.63, 3.8) is 0 Å². The second-order valence-corrected chi connectivity index (χ2v) is 9.97. The van der Waals surface area contributed by atoms with E-state index >= 15 is 0 Å². The first kappa shape index (κ1) is 21.0. The minimum absolute atomic E-state index is 0.103. The average Bonchev–Trinajstić information content (AvgIpc) is 3.25. The summed E-state index contributed by atoms with van der Waals surface area (Å²) in [6, 6.07) is 8.11. The van der Waals surface area contributed by atoms with Gasteiger partial charge in [-0.25, -0.2) is 4.79 Å². The lowest BCUT2D eigenvalue weighted by molar-refractivity contribution is -0.115. The lowest BCUT2D eigenvalue weighted by Crippen LogP contribution is -2.23. The first-order valence-electron chi connectivity index (χ1n) is 10.4. The van der Waals surface area contributed by atoms with Crippen molar-refractivity contribution in [2.45, 2.75) is 56.6 Å². The van der Waals surface area contributed by atoms with E-state index in [9.17, 15) is 9.59 Å². The van der Waals surface area contributed by atoms with Crippen LogP contribution in [0.4, 0.5) is 5.00 Å². The van der Waals surface area contributed by atoms with E-state index in [0.29, 0.717) is 17.2 Å². The minimum Gasteiger partial charge on any atom is -0.462 e. The maximum absolute atomic E-state index is 13.0. The summed E-state index contributed by atoms with van der Waals surface area (Å²) in [5, 5.41) is 4.48. The number of thioether (sulfide) groups is 1. The average molecular weight is 443 g/mol. The Balaban J connectivity index is 1.56. The number of esters is 1. The van der Waals surface area contributed by atoms with Gasteiger partial charge < -0.3 is 15.0 Å². The van der Waals surface area contributed by atoms with Gasteiger partial charge in [-0.15, -0.1) is 23.1 Å². The quantitative estimate of drug-likeness (QED) is 0.379. The van der Waals surface area contributed by atoms with Crippen molar-refractivity contribution in [3.05, 3.63) is 46.0 Å². The summed E-state index contributed by atoms with van der Waals surface area (Å²) in [4.78, 5) is 31.3. The molecule has 5 nitrogen and oxygen atoms in total. The summed E-state index contributed by atoms with van der Waals surface area (Å²) < 4.78 is 5.29. The number of aryl methyl sites for hydroxylation is 2. The molecular weight excluding hydrogens is 416 g/mol. The van der Waals surface area contributed by atoms with Gasteiger partial charge in [0, 0.05) is 26.4 Å². The van der Waals surface area contributed by atoms with E-state index in [1.54, 1.807) is 6.92 Å². The largest absolute Gasteiger partial charge is 0.462 e. The summed E-state index contributed by atoms with van der Waals surface area (Å²) in [5.41, 5.74) is 3.75. The van der Waals surface area contributed by atoms with Crippen molar-refractivity contribution in [1.82, 2.24) is 4.98 Å². The number of amides is 1. The minimum atomic E-state index is -0.333. The Morgan fingerprint density at radius 3 is 2.83 bits per heavy atom. The number of thiophene rings is 1. The number of hydrogen-bond donors (Lipinski definition) is 2. The number of nitrogens with one attached hydrogen (secondary N) is 2. The predicted octanol–water partition coefficient (Wildman–Crippen LogP) is 5.71. The van der Waals surface area contributed by atoms with Gasteiger partial charge in [0.25, 0.3) is 0 Å². The molecule has 1 aliphatic rings. The first-order valence-corrected chi connectivity index (χ1v) is 12.1. The second kappa shape index (κ2) is 8.86. The molecule has 1 aliphatic carbocycles. The van der Waals surface area contributed by atoms with Crippen molar-refractivity contribution in [1.29, 1.82) is 0 Å². The van der Waals surface area contributed by atoms with Crippen molar-refractivity contribution < 1.29 is 14.3 Å². The topological polar surface area (TPSA) is 71.2 Å². The number of hydrogen-bond acceptors (Lipinski definition) is 5. The van der Waals surface area contributed by atoms with Crippen LogP contribution in [0, 0.1) is 6.92 Å². The molecule has 4 rings (SSSR count). The van der Waals surface area contributed by atoms with Gasteiger partial charge in [-0.1, -0.05) is 18.2 Å². The lowest BCUT2D eigenvalue weighted by Gasteiger charge is -2.14. The molecule has 1 amide bonds. The van der Waals surface area contributed by atoms with Crippen LogP contribution in [0.1, 0.15) is 53.2 Å². The maximum atomic E-state index is 13.0. The van der Waals surface area contributed by atoms with Gasteiger partial charge >= 0.3 is 5.97 Å². The third-order valence-corrected chi connectivity index (χ3v) is 7.92. The molecule has 1 atom stereocenters. The zero-order valence-electron chi connectivity index (χ0n) is 17.5. The number of anilines is 1. The van der Waals surface area contributed by atoms with Crippen LogP contribution in [0.15, 0.2) is 29.2 Å². The monoisotopic (exact) mass is 442 g/mol. The van der Waals surface area contributed by atoms with Crippen molar-refractivity contribution in [2.75, 3.05) is 11.9 Å². The van der Waals surface area contributed by atoms with Gasteiger partial charge in [-0.2, -0.15) is 0 Å². The standard InChI is InChI=1S/C23H26N2O3S2/c1-4-28-23(27)19-16-10-6-8-12-18(16)30-22(19)25-21(26)14(3)29-20-13(2)24-17-11-7-5-9-15(17)20/h5,7,9,11,14,24H,4,6,8,10,12H2,1-3H3,(H,25,26). The summed E-state index contributed by atoms with van der Waals surface area (Å²) >= 11 is 3.07. The molecule has 1 aromatic carbocycles. The van der Waals surface area contributed by atoms with Crippen LogP contribution in [0.25, 0.3) is 10.9 Å². The predicted molar refractivity (Wildman–Crippen MR) is 124 cm³/mol. The van der Waals surface area contributed by atoms with Gasteiger partial charge in [0.1, 0.15) is 5.00 Å². The number of rotatable bonds is 6. The fourth-order valence-electron chi connectivity index (χ4n) is 3.92. The Labute approximate surface area is 184 Å². The Morgan fingerprint density at radius 1 is 1.27 bits per heavy atom. The number of para-hydroxylation sites is 1. The van der Waals surface area contributed by atoms with Crippen molar-refractivity contribution in [2.24, 2.45) is 0 Å². The molecule has 3 aromatic rings. The number of aromatic amines is 1. The van der Waals surface area contributed by atoms with E-state index in [0.717, 1.165) is 52.7 Å². The Kier molecular flexibility index (Phi) is 6.20. The molecule has 158 valence electrons. The van der Waals surface area contributed by atoms with Crippen molar-refractivity contribution in [3.8, 4) is 0 Å². The van der Waals surface area contributed by atoms with Crippen LogP contribution in [0.2, 0.25) is 0 Å². The summed E-state index contributed by atoms with van der Waals surface area (Å²) in [6.45, 7) is 6.05. The van der Waals surface area contributed by atoms with Crippen LogP contribution in [0.3, 0.4) is 0 Å². The molecule has 2 heterocycles. The molecular formula is C23H26N2O3S2. The molecule has 30 heavy (non-hydrogen) atoms. The van der Waals surface area contributed by atoms with Crippen LogP contribution >= 0.6 is 23.1 Å². The fourth-order valence-corrected chi connectivity index (χ4v) is 6.25. The molecule has 0 spiro atoms. The summed E-state index contributed by atoms with van der Waals surface area (Å²) in [6.07, 6.45) is 4.01. The fraction of sp³-hybridized carbons (Fsp3) is 0.391. The van der Waals surface area contributed by atoms with E-state index in [2.05, 4.69) is 16.4 Å².